The van der Waals surface area contributed by atoms with Gasteiger partial charge in [-0.25, -0.2) is 8.42 Å². The largest absolute Gasteiger partial charge is 0.241 e. The Morgan fingerprint density at radius 3 is 2.33 bits per heavy atom. The summed E-state index contributed by atoms with van der Waals surface area (Å²) >= 11 is 0. The van der Waals surface area contributed by atoms with Crippen LogP contribution in [0.2, 0.25) is 0 Å². The van der Waals surface area contributed by atoms with Gasteiger partial charge in [-0.2, -0.15) is 4.72 Å². The second-order valence-electron chi connectivity index (χ2n) is 5.89. The number of unbranched alkanes of at least 4 members (excludes halogenated alkanes) is 2. The van der Waals surface area contributed by atoms with E-state index < -0.39 is 10.0 Å². The topological polar surface area (TPSA) is 46.2 Å². The van der Waals surface area contributed by atoms with Crippen molar-refractivity contribution in [2.75, 3.05) is 0 Å². The van der Waals surface area contributed by atoms with Crippen molar-refractivity contribution in [2.24, 2.45) is 0 Å². The van der Waals surface area contributed by atoms with E-state index in [1.165, 1.54) is 0 Å². The quantitative estimate of drug-likeness (QED) is 0.555. The van der Waals surface area contributed by atoms with Crippen LogP contribution in [0.25, 0.3) is 0 Å². The van der Waals surface area contributed by atoms with Crippen molar-refractivity contribution >= 4 is 10.0 Å². The van der Waals surface area contributed by atoms with E-state index in [1.54, 1.807) is 12.1 Å². The summed E-state index contributed by atoms with van der Waals surface area (Å²) in [7, 11) is -3.57. The lowest BCUT2D eigenvalue weighted by atomic mass is 10.1. The fraction of sp³-hybridized carbons (Fsp3) is 0.300. The number of allylic oxidation sites excluding steroid dienone is 1. The number of sulfonamides is 1. The van der Waals surface area contributed by atoms with Gasteiger partial charge in [-0.05, 0) is 31.0 Å². The molecule has 1 N–H and O–H groups in total. The van der Waals surface area contributed by atoms with Crippen LogP contribution in [0.1, 0.15) is 43.4 Å². The van der Waals surface area contributed by atoms with Crippen LogP contribution >= 0.6 is 0 Å². The van der Waals surface area contributed by atoms with Crippen LogP contribution in [0.4, 0.5) is 0 Å². The minimum absolute atomic E-state index is 0.288. The third kappa shape index (κ3) is 5.32. The van der Waals surface area contributed by atoms with Crippen LogP contribution in [0.15, 0.2) is 71.6 Å². The first-order valence-electron chi connectivity index (χ1n) is 8.33. The molecule has 0 fully saturated rings. The molecule has 4 heteroatoms. The minimum atomic E-state index is -3.57. The highest BCUT2D eigenvalue weighted by Gasteiger charge is 2.19. The summed E-state index contributed by atoms with van der Waals surface area (Å²) in [5.74, 6) is 0. The van der Waals surface area contributed by atoms with Crippen molar-refractivity contribution in [1.82, 2.24) is 4.72 Å². The molecule has 0 aliphatic carbocycles. The molecule has 2 aromatic rings. The number of hydrogen-bond acceptors (Lipinski definition) is 2. The summed E-state index contributed by atoms with van der Waals surface area (Å²) < 4.78 is 28.1. The van der Waals surface area contributed by atoms with Crippen molar-refractivity contribution in [3.8, 4) is 0 Å². The Morgan fingerprint density at radius 2 is 1.71 bits per heavy atom. The summed E-state index contributed by atoms with van der Waals surface area (Å²) in [5, 5.41) is 0. The Morgan fingerprint density at radius 1 is 1.04 bits per heavy atom. The normalized spacial score (nSPS) is 13.2. The van der Waals surface area contributed by atoms with Gasteiger partial charge < -0.3 is 0 Å². The molecule has 0 bridgehead atoms. The Kier molecular flexibility index (Phi) is 6.76. The molecule has 0 heterocycles. The SMILES string of the molecule is CCCC/C=C/C(NS(=O)(=O)c1ccc(C)cc1)c1ccccc1. The van der Waals surface area contributed by atoms with E-state index in [9.17, 15) is 8.42 Å². The molecule has 24 heavy (non-hydrogen) atoms. The lowest BCUT2D eigenvalue weighted by Crippen LogP contribution is -2.27. The molecule has 0 spiro atoms. The Labute approximate surface area is 145 Å². The predicted molar refractivity (Wildman–Crippen MR) is 99.3 cm³/mol. The molecule has 3 nitrogen and oxygen atoms in total. The summed E-state index contributed by atoms with van der Waals surface area (Å²) in [6.45, 7) is 4.08. The predicted octanol–water partition coefficient (Wildman–Crippen LogP) is 4.76. The van der Waals surface area contributed by atoms with Crippen molar-refractivity contribution in [3.63, 3.8) is 0 Å². The van der Waals surface area contributed by atoms with Gasteiger partial charge in [0.15, 0.2) is 0 Å². The van der Waals surface area contributed by atoms with Crippen LogP contribution < -0.4 is 4.72 Å². The van der Waals surface area contributed by atoms with Gasteiger partial charge >= 0.3 is 0 Å². The minimum Gasteiger partial charge on any atom is -0.207 e. The summed E-state index contributed by atoms with van der Waals surface area (Å²) in [5.41, 5.74) is 1.97. The molecule has 0 aliphatic rings. The summed E-state index contributed by atoms with van der Waals surface area (Å²) in [4.78, 5) is 0.288. The molecular formula is C20H25NO2S. The van der Waals surface area contributed by atoms with Crippen molar-refractivity contribution < 1.29 is 8.42 Å². The monoisotopic (exact) mass is 343 g/mol. The Balaban J connectivity index is 2.23. The zero-order valence-electron chi connectivity index (χ0n) is 14.3. The van der Waals surface area contributed by atoms with E-state index in [4.69, 9.17) is 0 Å². The van der Waals surface area contributed by atoms with Gasteiger partial charge in [-0.1, -0.05) is 79.9 Å². The van der Waals surface area contributed by atoms with E-state index in [0.717, 1.165) is 30.4 Å². The molecule has 0 amide bonds. The van der Waals surface area contributed by atoms with E-state index in [-0.39, 0.29) is 10.9 Å². The number of nitrogens with one attached hydrogen (secondary N) is 1. The zero-order valence-corrected chi connectivity index (χ0v) is 15.1. The first kappa shape index (κ1) is 18.4. The molecule has 0 radical (unpaired) electrons. The maximum absolute atomic E-state index is 12.7. The number of hydrogen-bond donors (Lipinski definition) is 1. The van der Waals surface area contributed by atoms with Gasteiger partial charge in [0, 0.05) is 0 Å². The standard InChI is InChI=1S/C20H25NO2S/c1-3-4-5-9-12-20(18-10-7-6-8-11-18)21-24(22,23)19-15-13-17(2)14-16-19/h6-16,20-21H,3-5H2,1-2H3/b12-9+. The highest BCUT2D eigenvalue weighted by Crippen LogP contribution is 2.19. The second kappa shape index (κ2) is 8.81. The third-order valence-corrected chi connectivity index (χ3v) is 5.28. The molecule has 0 aliphatic heterocycles. The molecular weight excluding hydrogens is 318 g/mol. The Hall–Kier alpha value is -1.91. The van der Waals surface area contributed by atoms with Crippen LogP contribution in [-0.4, -0.2) is 8.42 Å². The van der Waals surface area contributed by atoms with Crippen LogP contribution in [0, 0.1) is 6.92 Å². The van der Waals surface area contributed by atoms with E-state index in [2.05, 4.69) is 17.7 Å². The molecule has 1 atom stereocenters. The second-order valence-corrected chi connectivity index (χ2v) is 7.61. The first-order chi connectivity index (χ1) is 11.5. The lowest BCUT2D eigenvalue weighted by molar-refractivity contribution is 0.574. The molecule has 128 valence electrons. The third-order valence-electron chi connectivity index (χ3n) is 3.82. The van der Waals surface area contributed by atoms with Crippen molar-refractivity contribution in [1.29, 1.82) is 0 Å². The van der Waals surface area contributed by atoms with Crippen LogP contribution in [-0.2, 0) is 10.0 Å². The van der Waals surface area contributed by atoms with Crippen LogP contribution in [0.5, 0.6) is 0 Å². The fourth-order valence-electron chi connectivity index (χ4n) is 2.39. The Bertz CT molecular complexity index is 750. The average molecular weight is 343 g/mol. The van der Waals surface area contributed by atoms with Crippen molar-refractivity contribution in [2.45, 2.75) is 44.0 Å². The van der Waals surface area contributed by atoms with E-state index in [1.807, 2.05) is 55.5 Å². The van der Waals surface area contributed by atoms with E-state index in [0.29, 0.717) is 0 Å². The number of benzene rings is 2. The van der Waals surface area contributed by atoms with Crippen molar-refractivity contribution in [3.05, 3.63) is 77.9 Å². The fourth-order valence-corrected chi connectivity index (χ4v) is 3.57. The summed E-state index contributed by atoms with van der Waals surface area (Å²) in [6.07, 6.45) is 7.17. The molecule has 1 unspecified atom stereocenters. The number of aryl methyl sites for hydroxylation is 1. The maximum atomic E-state index is 12.7. The van der Waals surface area contributed by atoms with Crippen LogP contribution in [0.3, 0.4) is 0 Å². The van der Waals surface area contributed by atoms with Gasteiger partial charge in [0.1, 0.15) is 0 Å². The molecule has 0 aromatic heterocycles. The molecule has 2 rings (SSSR count). The van der Waals surface area contributed by atoms with Gasteiger partial charge in [0.2, 0.25) is 10.0 Å². The van der Waals surface area contributed by atoms with Gasteiger partial charge in [-0.15, -0.1) is 0 Å². The molecule has 2 aromatic carbocycles. The average Bonchev–Trinajstić information content (AvgIpc) is 2.59. The van der Waals surface area contributed by atoms with Gasteiger partial charge in [-0.3, -0.25) is 0 Å². The lowest BCUT2D eigenvalue weighted by Gasteiger charge is -2.16. The zero-order chi connectivity index (χ0) is 17.4. The highest BCUT2D eigenvalue weighted by molar-refractivity contribution is 7.89. The number of rotatable bonds is 8. The molecule has 0 saturated heterocycles. The highest BCUT2D eigenvalue weighted by atomic mass is 32.2. The maximum Gasteiger partial charge on any atom is 0.241 e. The van der Waals surface area contributed by atoms with Gasteiger partial charge in [0.05, 0.1) is 10.9 Å². The van der Waals surface area contributed by atoms with Gasteiger partial charge in [0.25, 0.3) is 0 Å². The summed E-state index contributed by atoms with van der Waals surface area (Å²) in [6, 6.07) is 16.2. The smallest absolute Gasteiger partial charge is 0.207 e. The first-order valence-corrected chi connectivity index (χ1v) is 9.82. The van der Waals surface area contributed by atoms with E-state index >= 15 is 0 Å². The molecule has 0 saturated carbocycles.